The second-order valence-corrected chi connectivity index (χ2v) is 6.96. The Balaban J connectivity index is 1.94. The van der Waals surface area contributed by atoms with Crippen molar-refractivity contribution in [3.05, 3.63) is 12.7 Å². The molecule has 1 amide bonds. The van der Waals surface area contributed by atoms with Gasteiger partial charge >= 0.3 is 6.09 Å². The predicted molar refractivity (Wildman–Crippen MR) is 78.5 cm³/mol. The molecule has 0 radical (unpaired) electrons. The molecule has 1 heterocycles. The number of hydrogen-bond donors (Lipinski definition) is 0. The normalized spacial score (nSPS) is 38.0. The summed E-state index contributed by atoms with van der Waals surface area (Å²) in [5.74, 6) is 0.645. The van der Waals surface area contributed by atoms with Crippen molar-refractivity contribution in [3.63, 3.8) is 0 Å². The standard InChI is InChI=1S/C16H24N2O2/c1-5-6-7-11(2)17-18-14(19)20-13-10-12-8-9-16(13,18)15(12,3)4/h5,12-13H,1,6-10H2,2-4H3/b17-11-/t12-,13-,16-/m1/s1. The Bertz CT molecular complexity index is 483. The van der Waals surface area contributed by atoms with E-state index in [0.717, 1.165) is 31.4 Å². The van der Waals surface area contributed by atoms with Gasteiger partial charge in [0, 0.05) is 5.71 Å². The number of amides is 1. The molecule has 4 heteroatoms. The summed E-state index contributed by atoms with van der Waals surface area (Å²) in [6.07, 6.45) is 6.57. The van der Waals surface area contributed by atoms with E-state index in [4.69, 9.17) is 4.74 Å². The van der Waals surface area contributed by atoms with Gasteiger partial charge in [-0.1, -0.05) is 19.9 Å². The maximum absolute atomic E-state index is 12.2. The van der Waals surface area contributed by atoms with Crippen LogP contribution in [0.25, 0.3) is 0 Å². The van der Waals surface area contributed by atoms with Crippen molar-refractivity contribution in [2.75, 3.05) is 0 Å². The van der Waals surface area contributed by atoms with E-state index in [-0.39, 0.29) is 23.2 Å². The molecule has 0 aromatic heterocycles. The zero-order valence-corrected chi connectivity index (χ0v) is 12.7. The van der Waals surface area contributed by atoms with Crippen molar-refractivity contribution in [1.29, 1.82) is 0 Å². The van der Waals surface area contributed by atoms with Gasteiger partial charge in [-0.2, -0.15) is 10.1 Å². The van der Waals surface area contributed by atoms with Gasteiger partial charge in [0.25, 0.3) is 0 Å². The van der Waals surface area contributed by atoms with E-state index < -0.39 is 0 Å². The highest BCUT2D eigenvalue weighted by Crippen LogP contribution is 2.65. The Morgan fingerprint density at radius 3 is 3.00 bits per heavy atom. The van der Waals surface area contributed by atoms with E-state index >= 15 is 0 Å². The molecule has 0 aromatic rings. The number of ether oxygens (including phenoxy) is 1. The summed E-state index contributed by atoms with van der Waals surface area (Å²) < 4.78 is 5.62. The van der Waals surface area contributed by atoms with Crippen molar-refractivity contribution in [3.8, 4) is 0 Å². The lowest BCUT2D eigenvalue weighted by atomic mass is 9.75. The lowest BCUT2D eigenvalue weighted by Crippen LogP contribution is -2.53. The van der Waals surface area contributed by atoms with Crippen molar-refractivity contribution in [2.45, 2.75) is 64.5 Å². The summed E-state index contributed by atoms with van der Waals surface area (Å²) in [6.45, 7) is 10.3. The summed E-state index contributed by atoms with van der Waals surface area (Å²) in [6, 6.07) is 0. The van der Waals surface area contributed by atoms with Crippen LogP contribution in [-0.2, 0) is 4.74 Å². The van der Waals surface area contributed by atoms with Gasteiger partial charge in [0.2, 0.25) is 0 Å². The fourth-order valence-electron chi connectivity index (χ4n) is 4.53. The zero-order valence-electron chi connectivity index (χ0n) is 12.7. The van der Waals surface area contributed by atoms with Gasteiger partial charge in [-0.05, 0) is 50.4 Å². The van der Waals surface area contributed by atoms with Crippen LogP contribution in [0.4, 0.5) is 4.79 Å². The molecule has 2 aliphatic carbocycles. The number of carbonyl (C=O) groups is 1. The predicted octanol–water partition coefficient (Wildman–Crippen LogP) is 3.73. The smallest absolute Gasteiger partial charge is 0.431 e. The van der Waals surface area contributed by atoms with Gasteiger partial charge in [-0.3, -0.25) is 0 Å². The molecule has 3 fully saturated rings. The third-order valence-corrected chi connectivity index (χ3v) is 5.82. The van der Waals surface area contributed by atoms with E-state index in [9.17, 15) is 4.79 Å². The molecule has 1 saturated heterocycles. The zero-order chi connectivity index (χ0) is 14.5. The highest BCUT2D eigenvalue weighted by molar-refractivity contribution is 5.84. The molecule has 4 nitrogen and oxygen atoms in total. The van der Waals surface area contributed by atoms with Crippen LogP contribution in [-0.4, -0.2) is 28.5 Å². The molecule has 3 rings (SSSR count). The third-order valence-electron chi connectivity index (χ3n) is 5.82. The average Bonchev–Trinajstić information content (AvgIpc) is 2.90. The topological polar surface area (TPSA) is 41.9 Å². The van der Waals surface area contributed by atoms with Gasteiger partial charge in [0.1, 0.15) is 11.6 Å². The summed E-state index contributed by atoms with van der Waals surface area (Å²) in [5.41, 5.74) is 0.846. The Morgan fingerprint density at radius 1 is 1.60 bits per heavy atom. The second kappa shape index (κ2) is 4.34. The van der Waals surface area contributed by atoms with Gasteiger partial charge in [-0.25, -0.2) is 4.79 Å². The second-order valence-electron chi connectivity index (χ2n) is 6.96. The maximum atomic E-state index is 12.2. The number of hydrazone groups is 1. The van der Waals surface area contributed by atoms with Crippen molar-refractivity contribution < 1.29 is 9.53 Å². The van der Waals surface area contributed by atoms with Crippen LogP contribution in [0, 0.1) is 11.3 Å². The summed E-state index contributed by atoms with van der Waals surface area (Å²) in [7, 11) is 0. The van der Waals surface area contributed by atoms with E-state index in [1.165, 1.54) is 6.42 Å². The fourth-order valence-corrected chi connectivity index (χ4v) is 4.53. The number of nitrogens with zero attached hydrogens (tertiary/aromatic N) is 2. The molecule has 2 bridgehead atoms. The van der Waals surface area contributed by atoms with Gasteiger partial charge < -0.3 is 4.74 Å². The van der Waals surface area contributed by atoms with Crippen molar-refractivity contribution >= 4 is 11.8 Å². The quantitative estimate of drug-likeness (QED) is 0.580. The van der Waals surface area contributed by atoms with Crippen LogP contribution in [0.2, 0.25) is 0 Å². The van der Waals surface area contributed by atoms with E-state index in [2.05, 4.69) is 25.5 Å². The van der Waals surface area contributed by atoms with Gasteiger partial charge in [0.05, 0.1) is 0 Å². The summed E-state index contributed by atoms with van der Waals surface area (Å²) >= 11 is 0. The Labute approximate surface area is 120 Å². The molecular formula is C16H24N2O2. The SMILES string of the molecule is C=CCC/C(C)=N\N1C(=O)O[C@@H]2C[C@H]3CC[C@]21C3(C)C. The first-order valence-electron chi connectivity index (χ1n) is 7.59. The fraction of sp³-hybridized carbons (Fsp3) is 0.750. The molecule has 0 aromatic carbocycles. The van der Waals surface area contributed by atoms with E-state index in [0.29, 0.717) is 5.92 Å². The number of rotatable bonds is 4. The molecule has 3 aliphatic rings. The Hall–Kier alpha value is -1.32. The Kier molecular flexibility index (Phi) is 2.96. The van der Waals surface area contributed by atoms with Crippen molar-refractivity contribution in [2.24, 2.45) is 16.4 Å². The largest absolute Gasteiger partial charge is 0.442 e. The minimum absolute atomic E-state index is 0.0275. The molecule has 1 spiro atoms. The highest BCUT2D eigenvalue weighted by atomic mass is 16.6. The molecule has 1 aliphatic heterocycles. The first kappa shape index (κ1) is 13.7. The number of hydrogen-bond acceptors (Lipinski definition) is 3. The summed E-state index contributed by atoms with van der Waals surface area (Å²) in [4.78, 5) is 12.2. The van der Waals surface area contributed by atoms with Crippen LogP contribution in [0.1, 0.15) is 52.9 Å². The van der Waals surface area contributed by atoms with Gasteiger partial charge in [0.15, 0.2) is 0 Å². The lowest BCUT2D eigenvalue weighted by Gasteiger charge is -2.39. The molecule has 110 valence electrons. The maximum Gasteiger partial charge on any atom is 0.431 e. The highest BCUT2D eigenvalue weighted by Gasteiger charge is 2.73. The van der Waals surface area contributed by atoms with Crippen LogP contribution >= 0.6 is 0 Å². The molecule has 20 heavy (non-hydrogen) atoms. The van der Waals surface area contributed by atoms with Crippen LogP contribution in [0.15, 0.2) is 17.8 Å². The molecule has 0 unspecified atom stereocenters. The van der Waals surface area contributed by atoms with Crippen LogP contribution < -0.4 is 0 Å². The van der Waals surface area contributed by atoms with Gasteiger partial charge in [-0.15, -0.1) is 6.58 Å². The number of allylic oxidation sites excluding steroid dienone is 1. The third kappa shape index (κ3) is 1.54. The molecule has 3 atom stereocenters. The van der Waals surface area contributed by atoms with E-state index in [1.807, 2.05) is 13.0 Å². The number of carbonyl (C=O) groups excluding carboxylic acids is 1. The van der Waals surface area contributed by atoms with E-state index in [1.54, 1.807) is 5.01 Å². The molecule has 2 saturated carbocycles. The van der Waals surface area contributed by atoms with Crippen LogP contribution in [0.3, 0.4) is 0 Å². The monoisotopic (exact) mass is 276 g/mol. The minimum atomic E-state index is -0.263. The Morgan fingerprint density at radius 2 is 2.35 bits per heavy atom. The lowest BCUT2D eigenvalue weighted by molar-refractivity contribution is 0.0569. The first-order chi connectivity index (χ1) is 9.43. The average molecular weight is 276 g/mol. The van der Waals surface area contributed by atoms with Crippen LogP contribution in [0.5, 0.6) is 0 Å². The van der Waals surface area contributed by atoms with Crippen molar-refractivity contribution in [1.82, 2.24) is 5.01 Å². The molecule has 0 N–H and O–H groups in total. The summed E-state index contributed by atoms with van der Waals surface area (Å²) in [5, 5.41) is 6.31. The number of fused-ring (bicyclic) bond motifs is 1. The first-order valence-corrected chi connectivity index (χ1v) is 7.59. The minimum Gasteiger partial charge on any atom is -0.442 e. The molecular weight excluding hydrogens is 252 g/mol.